The number of hydrogen-bond acceptors (Lipinski definition) is 3. The molecule has 0 aliphatic heterocycles. The van der Waals surface area contributed by atoms with E-state index in [0.717, 1.165) is 5.56 Å². The average Bonchev–Trinajstić information content (AvgIpc) is 2.55. The van der Waals surface area contributed by atoms with Crippen molar-refractivity contribution in [1.29, 1.82) is 0 Å². The summed E-state index contributed by atoms with van der Waals surface area (Å²) in [5, 5.41) is 6.56. The van der Waals surface area contributed by atoms with E-state index in [2.05, 4.69) is 15.8 Å². The lowest BCUT2D eigenvalue weighted by Gasteiger charge is -2.03. The third kappa shape index (κ3) is 5.76. The second-order valence-electron chi connectivity index (χ2n) is 4.45. The number of amides is 2. The van der Waals surface area contributed by atoms with E-state index in [4.69, 9.17) is 11.6 Å². The molecule has 2 rings (SSSR count). The molecule has 2 N–H and O–H groups in total. The largest absolute Gasteiger partial charge is 0.329 e. The number of rotatable bonds is 4. The second-order valence-corrected chi connectivity index (χ2v) is 4.89. The van der Waals surface area contributed by atoms with Gasteiger partial charge in [-0.25, -0.2) is 5.43 Å². The topological polar surface area (TPSA) is 70.6 Å². The lowest BCUT2D eigenvalue weighted by molar-refractivity contribution is -0.136. The summed E-state index contributed by atoms with van der Waals surface area (Å²) in [5.41, 5.74) is 3.58. The first-order chi connectivity index (χ1) is 11.1. The van der Waals surface area contributed by atoms with Crippen molar-refractivity contribution in [3.8, 4) is 0 Å². The molecule has 0 atom stereocenters. The van der Waals surface area contributed by atoms with Crippen LogP contribution in [0, 0.1) is 0 Å². The Labute approximate surface area is 138 Å². The Balaban J connectivity index is 1.81. The molecule has 0 spiro atoms. The molecule has 0 unspecified atom stereocenters. The van der Waals surface area contributed by atoms with Crippen molar-refractivity contribution < 1.29 is 9.59 Å². The van der Waals surface area contributed by atoms with Crippen LogP contribution >= 0.6 is 11.6 Å². The molecule has 2 amide bonds. The Hall–Kier alpha value is -2.92. The van der Waals surface area contributed by atoms with E-state index in [1.807, 2.05) is 36.4 Å². The zero-order chi connectivity index (χ0) is 16.5. The molecule has 23 heavy (non-hydrogen) atoms. The monoisotopic (exact) mass is 327 g/mol. The van der Waals surface area contributed by atoms with Gasteiger partial charge in [0.1, 0.15) is 0 Å². The predicted molar refractivity (Wildman–Crippen MR) is 92.2 cm³/mol. The highest BCUT2D eigenvalue weighted by Gasteiger charge is 2.12. The number of nitrogens with one attached hydrogen (secondary N) is 2. The molecular formula is C17H14ClN3O2. The van der Waals surface area contributed by atoms with Crippen LogP contribution in [0.1, 0.15) is 5.56 Å². The molecule has 0 bridgehead atoms. The molecule has 0 heterocycles. The first kappa shape index (κ1) is 16.5. The van der Waals surface area contributed by atoms with Gasteiger partial charge in [0.25, 0.3) is 0 Å². The van der Waals surface area contributed by atoms with Crippen molar-refractivity contribution in [1.82, 2.24) is 5.43 Å². The van der Waals surface area contributed by atoms with Crippen molar-refractivity contribution in [2.24, 2.45) is 5.10 Å². The van der Waals surface area contributed by atoms with E-state index in [1.54, 1.807) is 30.3 Å². The van der Waals surface area contributed by atoms with Crippen LogP contribution in [-0.2, 0) is 9.59 Å². The Kier molecular flexibility index (Phi) is 6.08. The highest BCUT2D eigenvalue weighted by atomic mass is 35.5. The summed E-state index contributed by atoms with van der Waals surface area (Å²) in [5.74, 6) is -1.69. The maximum atomic E-state index is 11.7. The molecule has 0 radical (unpaired) electrons. The molecule has 0 saturated heterocycles. The normalized spacial score (nSPS) is 10.8. The Morgan fingerprint density at radius 1 is 1.00 bits per heavy atom. The predicted octanol–water partition coefficient (Wildman–Crippen LogP) is 3.09. The lowest BCUT2D eigenvalue weighted by Crippen LogP contribution is -2.32. The average molecular weight is 328 g/mol. The molecule has 0 aliphatic carbocycles. The summed E-state index contributed by atoms with van der Waals surface area (Å²) >= 11 is 5.79. The SMILES string of the molecule is O=C(NN=C/C=C/c1ccccc1)C(=O)Nc1cccc(Cl)c1. The molecule has 5 nitrogen and oxygen atoms in total. The Morgan fingerprint density at radius 2 is 1.78 bits per heavy atom. The highest BCUT2D eigenvalue weighted by Crippen LogP contribution is 2.14. The second kappa shape index (κ2) is 8.51. The zero-order valence-electron chi connectivity index (χ0n) is 12.1. The molecule has 0 aromatic heterocycles. The molecule has 116 valence electrons. The quantitative estimate of drug-likeness (QED) is 0.514. The fourth-order valence-corrected chi connectivity index (χ4v) is 1.85. The van der Waals surface area contributed by atoms with E-state index >= 15 is 0 Å². The van der Waals surface area contributed by atoms with E-state index in [-0.39, 0.29) is 0 Å². The molecule has 2 aromatic carbocycles. The van der Waals surface area contributed by atoms with Gasteiger partial charge in [-0.15, -0.1) is 0 Å². The van der Waals surface area contributed by atoms with Crippen LogP contribution in [0.3, 0.4) is 0 Å². The molecule has 6 heteroatoms. The highest BCUT2D eigenvalue weighted by molar-refractivity contribution is 6.39. The maximum Gasteiger partial charge on any atom is 0.329 e. The summed E-state index contributed by atoms with van der Waals surface area (Å²) in [6, 6.07) is 16.1. The van der Waals surface area contributed by atoms with Gasteiger partial charge >= 0.3 is 11.8 Å². The Bertz CT molecular complexity index is 743. The van der Waals surface area contributed by atoms with Gasteiger partial charge in [0.05, 0.1) is 0 Å². The number of allylic oxidation sites excluding steroid dienone is 1. The lowest BCUT2D eigenvalue weighted by atomic mass is 10.2. The number of carbonyl (C=O) groups excluding carboxylic acids is 2. The standard InChI is InChI=1S/C17H14ClN3O2/c18-14-9-4-10-15(12-14)20-16(22)17(23)21-19-11-5-8-13-6-2-1-3-7-13/h1-12H,(H,20,22)(H,21,23)/b8-5+,19-11?. The van der Waals surface area contributed by atoms with Gasteiger partial charge in [-0.1, -0.05) is 54.1 Å². The van der Waals surface area contributed by atoms with E-state index < -0.39 is 11.8 Å². The van der Waals surface area contributed by atoms with E-state index in [0.29, 0.717) is 10.7 Å². The van der Waals surface area contributed by atoms with Gasteiger partial charge in [-0.05, 0) is 29.8 Å². The van der Waals surface area contributed by atoms with Crippen LogP contribution in [0.5, 0.6) is 0 Å². The molecule has 0 aliphatic rings. The first-order valence-corrected chi connectivity index (χ1v) is 7.14. The third-order valence-corrected chi connectivity index (χ3v) is 2.94. The molecule has 0 saturated carbocycles. The maximum absolute atomic E-state index is 11.7. The van der Waals surface area contributed by atoms with Gasteiger partial charge in [-0.3, -0.25) is 9.59 Å². The summed E-state index contributed by atoms with van der Waals surface area (Å²) in [4.78, 5) is 23.2. The number of nitrogens with zero attached hydrogens (tertiary/aromatic N) is 1. The van der Waals surface area contributed by atoms with Gasteiger partial charge in [0, 0.05) is 16.9 Å². The fraction of sp³-hybridized carbons (Fsp3) is 0. The van der Waals surface area contributed by atoms with Crippen molar-refractivity contribution >= 4 is 41.4 Å². The minimum absolute atomic E-state index is 0.436. The number of benzene rings is 2. The van der Waals surface area contributed by atoms with Crippen LogP contribution in [0.2, 0.25) is 5.02 Å². The summed E-state index contributed by atoms with van der Waals surface area (Å²) in [7, 11) is 0. The van der Waals surface area contributed by atoms with Crippen molar-refractivity contribution in [3.63, 3.8) is 0 Å². The van der Waals surface area contributed by atoms with Gasteiger partial charge in [0.15, 0.2) is 0 Å². The zero-order valence-corrected chi connectivity index (χ0v) is 12.8. The molecular weight excluding hydrogens is 314 g/mol. The summed E-state index contributed by atoms with van der Waals surface area (Å²) < 4.78 is 0. The number of hydrazone groups is 1. The molecule has 0 fully saturated rings. The van der Waals surface area contributed by atoms with E-state index in [1.165, 1.54) is 6.21 Å². The van der Waals surface area contributed by atoms with Gasteiger partial charge in [0.2, 0.25) is 0 Å². The summed E-state index contributed by atoms with van der Waals surface area (Å²) in [6.45, 7) is 0. The van der Waals surface area contributed by atoms with Crippen LogP contribution in [0.4, 0.5) is 5.69 Å². The Morgan fingerprint density at radius 3 is 2.52 bits per heavy atom. The van der Waals surface area contributed by atoms with Crippen LogP contribution in [0.25, 0.3) is 6.08 Å². The van der Waals surface area contributed by atoms with E-state index in [9.17, 15) is 9.59 Å². The van der Waals surface area contributed by atoms with Crippen LogP contribution in [-0.4, -0.2) is 18.0 Å². The fourth-order valence-electron chi connectivity index (χ4n) is 1.66. The van der Waals surface area contributed by atoms with Gasteiger partial charge < -0.3 is 5.32 Å². The summed E-state index contributed by atoms with van der Waals surface area (Å²) in [6.07, 6.45) is 4.86. The van der Waals surface area contributed by atoms with Crippen LogP contribution in [0.15, 0.2) is 65.8 Å². The first-order valence-electron chi connectivity index (χ1n) is 6.77. The third-order valence-electron chi connectivity index (χ3n) is 2.70. The number of carbonyl (C=O) groups is 2. The van der Waals surface area contributed by atoms with Crippen molar-refractivity contribution in [3.05, 3.63) is 71.3 Å². The smallest absolute Gasteiger partial charge is 0.318 e. The van der Waals surface area contributed by atoms with Crippen molar-refractivity contribution in [2.75, 3.05) is 5.32 Å². The van der Waals surface area contributed by atoms with Crippen molar-refractivity contribution in [2.45, 2.75) is 0 Å². The molecule has 2 aromatic rings. The number of anilines is 1. The number of halogens is 1. The minimum Gasteiger partial charge on any atom is -0.318 e. The number of hydrogen-bond donors (Lipinski definition) is 2. The van der Waals surface area contributed by atoms with Crippen LogP contribution < -0.4 is 10.7 Å². The minimum atomic E-state index is -0.866. The van der Waals surface area contributed by atoms with Gasteiger partial charge in [-0.2, -0.15) is 5.10 Å².